The Balaban J connectivity index is 2.13. The summed E-state index contributed by atoms with van der Waals surface area (Å²) in [7, 11) is 0. The van der Waals surface area contributed by atoms with Crippen LogP contribution in [-0.4, -0.2) is 16.5 Å². The maximum Gasteiger partial charge on any atom is 0.147 e. The van der Waals surface area contributed by atoms with E-state index >= 15 is 0 Å². The summed E-state index contributed by atoms with van der Waals surface area (Å²) < 4.78 is 0. The maximum atomic E-state index is 6.09. The molecule has 2 rings (SSSR count). The van der Waals surface area contributed by atoms with E-state index in [1.54, 1.807) is 22.9 Å². The summed E-state index contributed by atoms with van der Waals surface area (Å²) in [6.45, 7) is 3.38. The second-order valence-electron chi connectivity index (χ2n) is 3.50. The maximum absolute atomic E-state index is 6.09. The molecule has 0 aliphatic heterocycles. The van der Waals surface area contributed by atoms with Crippen molar-refractivity contribution in [3.8, 4) is 0 Å². The quantitative estimate of drug-likeness (QED) is 0.880. The Bertz CT molecular complexity index is 516. The Morgan fingerprint density at radius 1 is 1.22 bits per heavy atom. The second-order valence-corrected chi connectivity index (χ2v) is 5.29. The summed E-state index contributed by atoms with van der Waals surface area (Å²) in [5, 5.41) is 7.28. The van der Waals surface area contributed by atoms with Crippen LogP contribution in [0, 0.1) is 0 Å². The molecule has 0 bridgehead atoms. The van der Waals surface area contributed by atoms with E-state index in [1.165, 1.54) is 0 Å². The van der Waals surface area contributed by atoms with Crippen molar-refractivity contribution < 1.29 is 0 Å². The van der Waals surface area contributed by atoms with Gasteiger partial charge in [0.05, 0.1) is 22.1 Å². The number of pyridine rings is 1. The van der Waals surface area contributed by atoms with E-state index in [0.717, 1.165) is 11.4 Å². The highest BCUT2D eigenvalue weighted by molar-refractivity contribution is 7.09. The fourth-order valence-corrected chi connectivity index (χ4v) is 2.41. The number of nitrogens with zero attached hydrogens (tertiary/aromatic N) is 2. The molecule has 2 aromatic rings. The zero-order valence-electron chi connectivity index (χ0n) is 9.70. The average molecular weight is 303 g/mol. The first-order valence-corrected chi connectivity index (χ1v) is 7.05. The van der Waals surface area contributed by atoms with Gasteiger partial charge in [0.15, 0.2) is 0 Å². The lowest BCUT2D eigenvalue weighted by Crippen LogP contribution is -2.05. The summed E-state index contributed by atoms with van der Waals surface area (Å²) in [5.41, 5.74) is 1.79. The molecule has 0 atom stereocenters. The van der Waals surface area contributed by atoms with Gasteiger partial charge in [-0.25, -0.2) is 4.98 Å². The molecule has 0 aromatic carbocycles. The average Bonchev–Trinajstić information content (AvgIpc) is 2.84. The number of halogens is 2. The fourth-order valence-electron chi connectivity index (χ4n) is 1.38. The van der Waals surface area contributed by atoms with Crippen LogP contribution in [0.1, 0.15) is 11.8 Å². The van der Waals surface area contributed by atoms with Crippen LogP contribution >= 0.6 is 34.5 Å². The molecule has 2 N–H and O–H groups in total. The molecule has 0 saturated heterocycles. The van der Waals surface area contributed by atoms with Crippen LogP contribution in [0.25, 0.3) is 0 Å². The van der Waals surface area contributed by atoms with Crippen molar-refractivity contribution in [2.75, 3.05) is 17.2 Å². The zero-order valence-corrected chi connectivity index (χ0v) is 12.0. The molecule has 0 spiro atoms. The molecule has 0 unspecified atom stereocenters. The number of hydrogen-bond acceptors (Lipinski definition) is 5. The van der Waals surface area contributed by atoms with Crippen molar-refractivity contribution in [2.45, 2.75) is 13.5 Å². The van der Waals surface area contributed by atoms with Crippen LogP contribution in [0.3, 0.4) is 0 Å². The lowest BCUT2D eigenvalue weighted by Gasteiger charge is -2.10. The van der Waals surface area contributed by atoms with Gasteiger partial charge in [-0.2, -0.15) is 0 Å². The smallest absolute Gasteiger partial charge is 0.147 e. The molecule has 4 nitrogen and oxygen atoms in total. The highest BCUT2D eigenvalue weighted by Crippen LogP contribution is 2.29. The Hall–Kier alpha value is -1.04. The predicted octanol–water partition coefficient (Wildman–Crippen LogP) is 3.89. The minimum absolute atomic E-state index is 0.506. The second kappa shape index (κ2) is 6.22. The standard InChI is InChI=1S/C11H12Cl2N4S/c1-2-15-10-8(12)3-9(13)11(17-10)16-5-7-4-14-6-18-7/h3-4,6H,2,5H2,1H3,(H2,15,16,17). The first-order valence-electron chi connectivity index (χ1n) is 5.42. The number of aromatic nitrogens is 2. The summed E-state index contributed by atoms with van der Waals surface area (Å²) in [5.74, 6) is 1.25. The van der Waals surface area contributed by atoms with Gasteiger partial charge in [0.25, 0.3) is 0 Å². The van der Waals surface area contributed by atoms with Crippen molar-refractivity contribution in [1.29, 1.82) is 0 Å². The van der Waals surface area contributed by atoms with E-state index in [4.69, 9.17) is 23.2 Å². The van der Waals surface area contributed by atoms with Gasteiger partial charge in [-0.05, 0) is 13.0 Å². The fraction of sp³-hybridized carbons (Fsp3) is 0.273. The predicted molar refractivity (Wildman–Crippen MR) is 77.9 cm³/mol. The molecule has 0 aliphatic rings. The van der Waals surface area contributed by atoms with Crippen molar-refractivity contribution in [1.82, 2.24) is 9.97 Å². The Labute approximate surface area is 119 Å². The highest BCUT2D eigenvalue weighted by Gasteiger charge is 2.08. The van der Waals surface area contributed by atoms with Crippen molar-refractivity contribution in [3.63, 3.8) is 0 Å². The summed E-state index contributed by atoms with van der Waals surface area (Å²) >= 11 is 13.7. The number of hydrogen-bond donors (Lipinski definition) is 2. The van der Waals surface area contributed by atoms with Gasteiger partial charge in [-0.3, -0.25) is 4.98 Å². The van der Waals surface area contributed by atoms with Gasteiger partial charge in [0, 0.05) is 17.6 Å². The Kier molecular flexibility index (Phi) is 4.63. The molecule has 0 saturated carbocycles. The van der Waals surface area contributed by atoms with Crippen LogP contribution < -0.4 is 10.6 Å². The number of rotatable bonds is 5. The summed E-state index contributed by atoms with van der Waals surface area (Å²) in [4.78, 5) is 9.49. The first kappa shape index (κ1) is 13.4. The lowest BCUT2D eigenvalue weighted by atomic mass is 10.4. The van der Waals surface area contributed by atoms with Crippen molar-refractivity contribution >= 4 is 46.2 Å². The lowest BCUT2D eigenvalue weighted by molar-refractivity contribution is 1.11. The van der Waals surface area contributed by atoms with Gasteiger partial charge in [-0.15, -0.1) is 11.3 Å². The summed E-state index contributed by atoms with van der Waals surface area (Å²) in [6.07, 6.45) is 1.81. The van der Waals surface area contributed by atoms with Crippen LogP contribution in [0.2, 0.25) is 10.0 Å². The molecule has 0 aliphatic carbocycles. The minimum atomic E-state index is 0.506. The monoisotopic (exact) mass is 302 g/mol. The van der Waals surface area contributed by atoms with Crippen LogP contribution in [0.4, 0.5) is 11.6 Å². The van der Waals surface area contributed by atoms with E-state index in [2.05, 4.69) is 20.6 Å². The third kappa shape index (κ3) is 3.25. The topological polar surface area (TPSA) is 49.8 Å². The van der Waals surface area contributed by atoms with Gasteiger partial charge < -0.3 is 10.6 Å². The Morgan fingerprint density at radius 3 is 2.56 bits per heavy atom. The molecule has 2 aromatic heterocycles. The van der Waals surface area contributed by atoms with Crippen molar-refractivity contribution in [2.24, 2.45) is 0 Å². The van der Waals surface area contributed by atoms with Crippen LogP contribution in [-0.2, 0) is 6.54 Å². The summed E-state index contributed by atoms with van der Waals surface area (Å²) in [6, 6.07) is 1.68. The number of nitrogens with one attached hydrogen (secondary N) is 2. The van der Waals surface area contributed by atoms with Crippen LogP contribution in [0.15, 0.2) is 17.8 Å². The van der Waals surface area contributed by atoms with E-state index in [-0.39, 0.29) is 0 Å². The molecular weight excluding hydrogens is 291 g/mol. The van der Waals surface area contributed by atoms with Gasteiger partial charge in [-0.1, -0.05) is 23.2 Å². The third-order valence-electron chi connectivity index (χ3n) is 2.19. The van der Waals surface area contributed by atoms with Crippen LogP contribution in [0.5, 0.6) is 0 Å². The van der Waals surface area contributed by atoms with Gasteiger partial charge in [0.1, 0.15) is 11.6 Å². The first-order chi connectivity index (χ1) is 8.70. The third-order valence-corrected chi connectivity index (χ3v) is 3.54. The molecule has 0 amide bonds. The molecule has 0 radical (unpaired) electrons. The highest BCUT2D eigenvalue weighted by atomic mass is 35.5. The normalized spacial score (nSPS) is 10.4. The van der Waals surface area contributed by atoms with E-state index in [0.29, 0.717) is 28.2 Å². The number of anilines is 2. The molecule has 7 heteroatoms. The van der Waals surface area contributed by atoms with E-state index < -0.39 is 0 Å². The molecule has 18 heavy (non-hydrogen) atoms. The Morgan fingerprint density at radius 2 is 1.94 bits per heavy atom. The SMILES string of the molecule is CCNc1nc(NCc2cncs2)c(Cl)cc1Cl. The van der Waals surface area contributed by atoms with Gasteiger partial charge in [0.2, 0.25) is 0 Å². The van der Waals surface area contributed by atoms with Crippen molar-refractivity contribution in [3.05, 3.63) is 32.7 Å². The van der Waals surface area contributed by atoms with E-state index in [9.17, 15) is 0 Å². The largest absolute Gasteiger partial charge is 0.369 e. The molecule has 96 valence electrons. The minimum Gasteiger partial charge on any atom is -0.369 e. The van der Waals surface area contributed by atoms with Gasteiger partial charge >= 0.3 is 0 Å². The zero-order chi connectivity index (χ0) is 13.0. The number of thiazole rings is 1. The molecule has 2 heterocycles. The molecular formula is C11H12Cl2N4S. The van der Waals surface area contributed by atoms with E-state index in [1.807, 2.05) is 13.1 Å². The molecule has 0 fully saturated rings.